The summed E-state index contributed by atoms with van der Waals surface area (Å²) >= 11 is 3.30. The molecule has 2 aromatic rings. The third-order valence-corrected chi connectivity index (χ3v) is 6.28. The van der Waals surface area contributed by atoms with E-state index in [0.29, 0.717) is 19.0 Å². The van der Waals surface area contributed by atoms with Crippen LogP contribution >= 0.6 is 23.1 Å². The number of thiophene rings is 1. The molecule has 0 unspecified atom stereocenters. The average Bonchev–Trinajstić information content (AvgIpc) is 3.05. The Labute approximate surface area is 149 Å². The maximum absolute atomic E-state index is 12.8. The maximum atomic E-state index is 12.8. The highest BCUT2D eigenvalue weighted by Crippen LogP contribution is 2.39. The molecule has 1 aromatic carbocycles. The molecule has 0 bridgehead atoms. The first-order valence-corrected chi connectivity index (χ1v) is 10.2. The first-order valence-electron chi connectivity index (χ1n) is 8.14. The van der Waals surface area contributed by atoms with Crippen LogP contribution in [0.1, 0.15) is 33.6 Å². The molecule has 1 aliphatic heterocycles. The summed E-state index contributed by atoms with van der Waals surface area (Å²) in [7, 11) is 0. The van der Waals surface area contributed by atoms with Gasteiger partial charge in [0.25, 0.3) is 5.91 Å². The Morgan fingerprint density at radius 2 is 1.92 bits per heavy atom. The molecule has 4 rings (SSSR count). The van der Waals surface area contributed by atoms with E-state index >= 15 is 0 Å². The zero-order valence-corrected chi connectivity index (χ0v) is 15.1. The fraction of sp³-hybridized carbons (Fsp3) is 0.389. The summed E-state index contributed by atoms with van der Waals surface area (Å²) in [6.45, 7) is 1.10. The standard InChI is InChI=1S/C18H19NO3S2/c1-23-17-9-15-14(21-6-7-22-15)8-13(17)19-18(20)12-10-24-16-5-3-2-4-11(12)16/h8-10H,2-7H2,1H3,(H,19,20). The smallest absolute Gasteiger partial charge is 0.256 e. The lowest BCUT2D eigenvalue weighted by atomic mass is 9.95. The molecule has 24 heavy (non-hydrogen) atoms. The molecule has 0 atom stereocenters. The summed E-state index contributed by atoms with van der Waals surface area (Å²) in [6, 6.07) is 3.81. The van der Waals surface area contributed by atoms with E-state index in [0.717, 1.165) is 34.7 Å². The number of thioether (sulfide) groups is 1. The number of hydrogen-bond donors (Lipinski definition) is 1. The lowest BCUT2D eigenvalue weighted by Gasteiger charge is -2.21. The van der Waals surface area contributed by atoms with Gasteiger partial charge in [-0.15, -0.1) is 23.1 Å². The molecule has 1 N–H and O–H groups in total. The topological polar surface area (TPSA) is 47.6 Å². The Kier molecular flexibility index (Phi) is 4.41. The molecule has 1 aliphatic carbocycles. The minimum Gasteiger partial charge on any atom is -0.486 e. The molecule has 6 heteroatoms. The van der Waals surface area contributed by atoms with Crippen molar-refractivity contribution in [3.05, 3.63) is 33.5 Å². The summed E-state index contributed by atoms with van der Waals surface area (Å²) in [5, 5.41) is 5.08. The monoisotopic (exact) mass is 361 g/mol. The molecule has 0 fully saturated rings. The Hall–Kier alpha value is -1.66. The third kappa shape index (κ3) is 2.89. The average molecular weight is 361 g/mol. The van der Waals surface area contributed by atoms with Crippen molar-refractivity contribution in [3.63, 3.8) is 0 Å². The first kappa shape index (κ1) is 15.8. The zero-order chi connectivity index (χ0) is 16.5. The van der Waals surface area contributed by atoms with Crippen molar-refractivity contribution in [1.29, 1.82) is 0 Å². The van der Waals surface area contributed by atoms with Crippen LogP contribution in [0.25, 0.3) is 0 Å². The van der Waals surface area contributed by atoms with E-state index in [1.807, 2.05) is 23.8 Å². The molecule has 126 valence electrons. The number of amides is 1. The number of carbonyl (C=O) groups excluding carboxylic acids is 1. The molecule has 0 saturated carbocycles. The van der Waals surface area contributed by atoms with Gasteiger partial charge in [-0.3, -0.25) is 4.79 Å². The number of nitrogens with one attached hydrogen (secondary N) is 1. The maximum Gasteiger partial charge on any atom is 0.256 e. The summed E-state index contributed by atoms with van der Waals surface area (Å²) in [6.07, 6.45) is 6.51. The molecule has 2 aliphatic rings. The van der Waals surface area contributed by atoms with E-state index in [1.54, 1.807) is 23.1 Å². The number of benzene rings is 1. The second kappa shape index (κ2) is 6.69. The molecule has 0 saturated heterocycles. The normalized spacial score (nSPS) is 15.7. The lowest BCUT2D eigenvalue weighted by molar-refractivity contribution is 0.102. The highest BCUT2D eigenvalue weighted by Gasteiger charge is 2.22. The van der Waals surface area contributed by atoms with Crippen molar-refractivity contribution < 1.29 is 14.3 Å². The van der Waals surface area contributed by atoms with Crippen LogP contribution in [0.2, 0.25) is 0 Å². The van der Waals surface area contributed by atoms with E-state index in [1.165, 1.54) is 23.3 Å². The van der Waals surface area contributed by atoms with Gasteiger partial charge in [-0.25, -0.2) is 0 Å². The van der Waals surface area contributed by atoms with Crippen LogP contribution in [0.5, 0.6) is 11.5 Å². The van der Waals surface area contributed by atoms with Crippen molar-refractivity contribution >= 4 is 34.7 Å². The number of ether oxygens (including phenoxy) is 2. The number of anilines is 1. The summed E-state index contributed by atoms with van der Waals surface area (Å²) < 4.78 is 11.3. The van der Waals surface area contributed by atoms with Gasteiger partial charge in [0.05, 0.1) is 11.3 Å². The highest BCUT2D eigenvalue weighted by molar-refractivity contribution is 7.98. The third-order valence-electron chi connectivity index (χ3n) is 4.42. The van der Waals surface area contributed by atoms with Crippen LogP contribution in [0, 0.1) is 0 Å². The Balaban J connectivity index is 1.63. The van der Waals surface area contributed by atoms with E-state index in [-0.39, 0.29) is 5.91 Å². The molecule has 1 amide bonds. The number of aryl methyl sites for hydroxylation is 1. The number of rotatable bonds is 3. The van der Waals surface area contributed by atoms with Gasteiger partial charge in [0.15, 0.2) is 11.5 Å². The predicted octanol–water partition coefficient (Wildman–Crippen LogP) is 4.37. The van der Waals surface area contributed by atoms with Gasteiger partial charge >= 0.3 is 0 Å². The van der Waals surface area contributed by atoms with Crippen molar-refractivity contribution in [1.82, 2.24) is 0 Å². The van der Waals surface area contributed by atoms with Crippen molar-refractivity contribution in [2.24, 2.45) is 0 Å². The van der Waals surface area contributed by atoms with E-state index in [2.05, 4.69) is 5.32 Å². The Morgan fingerprint density at radius 1 is 1.17 bits per heavy atom. The number of fused-ring (bicyclic) bond motifs is 2. The SMILES string of the molecule is CSc1cc2c(cc1NC(=O)c1csc3c1CCCC3)OCCO2. The van der Waals surface area contributed by atoms with Gasteiger partial charge in [-0.05, 0) is 43.6 Å². The molecular formula is C18H19NO3S2. The summed E-state index contributed by atoms with van der Waals surface area (Å²) in [5.74, 6) is 1.42. The van der Waals surface area contributed by atoms with Gasteiger partial charge in [0.2, 0.25) is 0 Å². The lowest BCUT2D eigenvalue weighted by Crippen LogP contribution is -2.17. The van der Waals surface area contributed by atoms with Crippen molar-refractivity contribution in [3.8, 4) is 11.5 Å². The molecule has 0 radical (unpaired) electrons. The van der Waals surface area contributed by atoms with Crippen molar-refractivity contribution in [2.45, 2.75) is 30.6 Å². The zero-order valence-electron chi connectivity index (χ0n) is 13.5. The van der Waals surface area contributed by atoms with Crippen molar-refractivity contribution in [2.75, 3.05) is 24.8 Å². The summed E-state index contributed by atoms with van der Waals surface area (Å²) in [4.78, 5) is 15.2. The molecule has 1 aromatic heterocycles. The second-order valence-electron chi connectivity index (χ2n) is 5.91. The van der Waals surface area contributed by atoms with Crippen LogP contribution in [0.3, 0.4) is 0 Å². The molecule has 4 nitrogen and oxygen atoms in total. The van der Waals surface area contributed by atoms with Gasteiger partial charge in [0.1, 0.15) is 13.2 Å². The van der Waals surface area contributed by atoms with Crippen LogP contribution in [-0.4, -0.2) is 25.4 Å². The Bertz CT molecular complexity index is 785. The van der Waals surface area contributed by atoms with Crippen LogP contribution in [-0.2, 0) is 12.8 Å². The van der Waals surface area contributed by atoms with Crippen LogP contribution in [0.15, 0.2) is 22.4 Å². The first-order chi connectivity index (χ1) is 11.8. The molecule has 0 spiro atoms. The van der Waals surface area contributed by atoms with E-state index in [9.17, 15) is 4.79 Å². The second-order valence-corrected chi connectivity index (χ2v) is 7.72. The Morgan fingerprint density at radius 3 is 2.71 bits per heavy atom. The largest absolute Gasteiger partial charge is 0.486 e. The predicted molar refractivity (Wildman–Crippen MR) is 98.1 cm³/mol. The highest BCUT2D eigenvalue weighted by atomic mass is 32.2. The minimum atomic E-state index is -0.0265. The quantitative estimate of drug-likeness (QED) is 0.825. The van der Waals surface area contributed by atoms with E-state index in [4.69, 9.17) is 9.47 Å². The van der Waals surface area contributed by atoms with Gasteiger partial charge < -0.3 is 14.8 Å². The minimum absolute atomic E-state index is 0.0265. The van der Waals surface area contributed by atoms with Crippen LogP contribution in [0.4, 0.5) is 5.69 Å². The number of hydrogen-bond acceptors (Lipinski definition) is 5. The van der Waals surface area contributed by atoms with Gasteiger partial charge in [-0.2, -0.15) is 0 Å². The fourth-order valence-electron chi connectivity index (χ4n) is 3.21. The number of carbonyl (C=O) groups is 1. The molecule has 2 heterocycles. The fourth-order valence-corrected chi connectivity index (χ4v) is 4.89. The van der Waals surface area contributed by atoms with E-state index < -0.39 is 0 Å². The summed E-state index contributed by atoms with van der Waals surface area (Å²) in [5.41, 5.74) is 2.86. The molecular weight excluding hydrogens is 342 g/mol. The van der Waals surface area contributed by atoms with Gasteiger partial charge in [0, 0.05) is 21.2 Å². The van der Waals surface area contributed by atoms with Crippen LogP contribution < -0.4 is 14.8 Å². The van der Waals surface area contributed by atoms with Gasteiger partial charge in [-0.1, -0.05) is 0 Å².